The lowest BCUT2D eigenvalue weighted by molar-refractivity contribution is 0.340. The van der Waals surface area contributed by atoms with Crippen LogP contribution < -0.4 is 4.74 Å². The van der Waals surface area contributed by atoms with Crippen LogP contribution in [0.2, 0.25) is 0 Å². The van der Waals surface area contributed by atoms with Crippen LogP contribution >= 0.6 is 0 Å². The Hall–Kier alpha value is -5.16. The first kappa shape index (κ1) is 31.4. The Morgan fingerprint density at radius 1 is 0.688 bits per heavy atom. The monoisotopic (exact) mass is 632 g/mol. The Kier molecular flexibility index (Phi) is 7.95. The highest BCUT2D eigenvalue weighted by molar-refractivity contribution is 6.09. The first-order valence-electron chi connectivity index (χ1n) is 16.9. The van der Waals surface area contributed by atoms with E-state index in [9.17, 15) is 0 Å². The molecule has 0 spiro atoms. The lowest BCUT2D eigenvalue weighted by Gasteiger charge is -2.27. The van der Waals surface area contributed by atoms with Crippen molar-refractivity contribution in [3.05, 3.63) is 132 Å². The number of hydrogen-bond donors (Lipinski definition) is 0. The number of nitrogens with zero attached hydrogens (tertiary/aromatic N) is 4. The van der Waals surface area contributed by atoms with Crippen LogP contribution in [0.4, 0.5) is 0 Å². The maximum atomic E-state index is 6.59. The molecular formula is C43H44N4O. The van der Waals surface area contributed by atoms with Crippen molar-refractivity contribution in [2.24, 2.45) is 5.41 Å². The van der Waals surface area contributed by atoms with Crippen molar-refractivity contribution < 1.29 is 4.74 Å². The summed E-state index contributed by atoms with van der Waals surface area (Å²) in [5.74, 6) is 3.24. The average Bonchev–Trinajstić information content (AvgIpc) is 3.56. The molecule has 4 aromatic carbocycles. The Morgan fingerprint density at radius 3 is 2.21 bits per heavy atom. The van der Waals surface area contributed by atoms with Gasteiger partial charge in [0, 0.05) is 40.4 Å². The van der Waals surface area contributed by atoms with Crippen LogP contribution in [0, 0.1) is 19.3 Å². The Labute approximate surface area is 283 Å². The van der Waals surface area contributed by atoms with Gasteiger partial charge in [-0.2, -0.15) is 5.10 Å². The van der Waals surface area contributed by atoms with E-state index in [-0.39, 0.29) is 5.41 Å². The zero-order valence-corrected chi connectivity index (χ0v) is 29.2. The molecule has 48 heavy (non-hydrogen) atoms. The van der Waals surface area contributed by atoms with E-state index in [1.807, 2.05) is 29.1 Å². The third-order valence-corrected chi connectivity index (χ3v) is 9.88. The topological polar surface area (TPSA) is 44.9 Å². The van der Waals surface area contributed by atoms with E-state index < -0.39 is 0 Å². The first-order chi connectivity index (χ1) is 23.0. The van der Waals surface area contributed by atoms with Crippen molar-refractivity contribution in [2.75, 3.05) is 0 Å². The number of pyridine rings is 1. The van der Waals surface area contributed by atoms with Gasteiger partial charge in [0.25, 0.3) is 0 Å². The van der Waals surface area contributed by atoms with Crippen molar-refractivity contribution in [1.29, 1.82) is 0 Å². The highest BCUT2D eigenvalue weighted by Crippen LogP contribution is 2.40. The van der Waals surface area contributed by atoms with Gasteiger partial charge in [0.05, 0.1) is 22.4 Å². The van der Waals surface area contributed by atoms with Gasteiger partial charge in [-0.15, -0.1) is 0 Å². The van der Waals surface area contributed by atoms with Gasteiger partial charge in [0.2, 0.25) is 0 Å². The maximum Gasteiger partial charge on any atom is 0.137 e. The smallest absolute Gasteiger partial charge is 0.137 e. The van der Waals surface area contributed by atoms with Crippen molar-refractivity contribution in [3.8, 4) is 34.1 Å². The van der Waals surface area contributed by atoms with Gasteiger partial charge in [0.1, 0.15) is 17.3 Å². The van der Waals surface area contributed by atoms with Gasteiger partial charge < -0.3 is 4.74 Å². The molecule has 3 aromatic heterocycles. The molecule has 0 aliphatic carbocycles. The molecule has 0 aliphatic heterocycles. The average molecular weight is 633 g/mol. The van der Waals surface area contributed by atoms with E-state index in [0.717, 1.165) is 51.0 Å². The highest BCUT2D eigenvalue weighted by Gasteiger charge is 2.23. The van der Waals surface area contributed by atoms with Gasteiger partial charge in [-0.3, -0.25) is 4.57 Å². The van der Waals surface area contributed by atoms with E-state index in [0.29, 0.717) is 11.8 Å². The van der Waals surface area contributed by atoms with Crippen LogP contribution in [-0.2, 0) is 0 Å². The number of fused-ring (bicyclic) bond motifs is 3. The summed E-state index contributed by atoms with van der Waals surface area (Å²) in [6.45, 7) is 17.9. The molecule has 0 fully saturated rings. The molecule has 7 aromatic rings. The van der Waals surface area contributed by atoms with Crippen molar-refractivity contribution in [3.63, 3.8) is 0 Å². The van der Waals surface area contributed by atoms with Crippen LogP contribution in [0.1, 0.15) is 75.9 Å². The molecule has 5 nitrogen and oxygen atoms in total. The molecule has 3 heterocycles. The molecule has 0 saturated carbocycles. The molecule has 242 valence electrons. The summed E-state index contributed by atoms with van der Waals surface area (Å²) in [5, 5.41) is 7.33. The zero-order valence-electron chi connectivity index (χ0n) is 29.2. The third kappa shape index (κ3) is 5.68. The van der Waals surface area contributed by atoms with E-state index in [1.54, 1.807) is 0 Å². The van der Waals surface area contributed by atoms with Crippen LogP contribution in [-0.4, -0.2) is 19.3 Å². The lowest BCUT2D eigenvalue weighted by Crippen LogP contribution is -2.15. The fraction of sp³-hybridized carbons (Fsp3) is 0.256. The van der Waals surface area contributed by atoms with E-state index >= 15 is 0 Å². The second kappa shape index (κ2) is 12.1. The molecule has 1 atom stereocenters. The Balaban J connectivity index is 1.32. The van der Waals surface area contributed by atoms with Crippen LogP contribution in [0.3, 0.4) is 0 Å². The second-order valence-corrected chi connectivity index (χ2v) is 14.4. The minimum absolute atomic E-state index is 0.158. The molecule has 0 saturated heterocycles. The quantitative estimate of drug-likeness (QED) is 0.176. The van der Waals surface area contributed by atoms with Crippen molar-refractivity contribution in [2.45, 2.75) is 67.2 Å². The molecule has 1 unspecified atom stereocenters. The Morgan fingerprint density at radius 2 is 1.46 bits per heavy atom. The molecule has 0 amide bonds. The summed E-state index contributed by atoms with van der Waals surface area (Å²) in [5.41, 5.74) is 10.4. The highest BCUT2D eigenvalue weighted by atomic mass is 16.5. The minimum atomic E-state index is 0.158. The first-order valence-corrected chi connectivity index (χ1v) is 16.9. The van der Waals surface area contributed by atoms with Gasteiger partial charge in [0.15, 0.2) is 0 Å². The Bertz CT molecular complexity index is 2270. The van der Waals surface area contributed by atoms with E-state index in [2.05, 4.69) is 145 Å². The van der Waals surface area contributed by atoms with Crippen LogP contribution in [0.15, 0.2) is 109 Å². The number of aromatic nitrogens is 4. The van der Waals surface area contributed by atoms with Crippen molar-refractivity contribution in [1.82, 2.24) is 19.3 Å². The predicted molar refractivity (Wildman–Crippen MR) is 199 cm³/mol. The minimum Gasteiger partial charge on any atom is -0.457 e. The maximum absolute atomic E-state index is 6.59. The predicted octanol–water partition coefficient (Wildman–Crippen LogP) is 11.7. The number of benzene rings is 4. The van der Waals surface area contributed by atoms with Gasteiger partial charge >= 0.3 is 0 Å². The number of ether oxygens (including phenoxy) is 1. The summed E-state index contributed by atoms with van der Waals surface area (Å²) >= 11 is 0. The fourth-order valence-electron chi connectivity index (χ4n) is 6.75. The SMILES string of the molecule is Cc1nn(-c2cccc(Oc3ccc4c5cc(C(C)C(C)(C)C)ccc5n(-c5cc(C(C)C)ccn5)c4c3)c2)c(C)c1-c1ccccc1. The van der Waals surface area contributed by atoms with Crippen LogP contribution in [0.5, 0.6) is 11.5 Å². The molecule has 0 bridgehead atoms. The van der Waals surface area contributed by atoms with E-state index in [1.165, 1.54) is 27.5 Å². The number of hydrogen-bond acceptors (Lipinski definition) is 3. The van der Waals surface area contributed by atoms with Gasteiger partial charge in [-0.25, -0.2) is 9.67 Å². The molecular weight excluding hydrogens is 589 g/mol. The summed E-state index contributed by atoms with van der Waals surface area (Å²) in [7, 11) is 0. The normalized spacial score (nSPS) is 12.7. The van der Waals surface area contributed by atoms with Crippen LogP contribution in [0.25, 0.3) is 44.4 Å². The van der Waals surface area contributed by atoms with E-state index in [4.69, 9.17) is 14.8 Å². The second-order valence-electron chi connectivity index (χ2n) is 14.4. The summed E-state index contributed by atoms with van der Waals surface area (Å²) < 4.78 is 10.9. The summed E-state index contributed by atoms with van der Waals surface area (Å²) in [6, 6.07) is 36.3. The summed E-state index contributed by atoms with van der Waals surface area (Å²) in [6.07, 6.45) is 1.92. The number of rotatable bonds is 7. The fourth-order valence-corrected chi connectivity index (χ4v) is 6.75. The van der Waals surface area contributed by atoms with Gasteiger partial charge in [-0.05, 0) is 96.3 Å². The molecule has 7 rings (SSSR count). The lowest BCUT2D eigenvalue weighted by atomic mass is 9.77. The summed E-state index contributed by atoms with van der Waals surface area (Å²) in [4.78, 5) is 4.87. The third-order valence-electron chi connectivity index (χ3n) is 9.88. The zero-order chi connectivity index (χ0) is 33.7. The van der Waals surface area contributed by atoms with Crippen molar-refractivity contribution >= 4 is 21.8 Å². The van der Waals surface area contributed by atoms with Gasteiger partial charge in [-0.1, -0.05) is 84.0 Å². The molecule has 0 N–H and O–H groups in total. The molecule has 5 heteroatoms. The largest absolute Gasteiger partial charge is 0.457 e. The number of aryl methyl sites for hydroxylation is 1. The molecule has 0 aliphatic rings. The standard InChI is InChI=1S/C43H44N4O/c1-27(2)32-21-22-44-41(24-32)46-39-20-17-33(28(3)43(6,7)8)23-38(39)37-19-18-36(26-40(37)46)48-35-16-12-15-34(25-35)47-30(5)42(29(4)45-47)31-13-10-9-11-14-31/h9-28H,1-8H3. The molecule has 0 radical (unpaired) electrons.